The first-order valence-corrected chi connectivity index (χ1v) is 7.36. The number of rotatable bonds is 5. The van der Waals surface area contributed by atoms with Crippen LogP contribution in [0.1, 0.15) is 40.0 Å². The molecule has 1 nitrogen and oxygen atoms in total. The molecule has 0 N–H and O–H groups in total. The van der Waals surface area contributed by atoms with Gasteiger partial charge >= 0.3 is 0 Å². The lowest BCUT2D eigenvalue weighted by atomic mass is 10.5. The van der Waals surface area contributed by atoms with Crippen LogP contribution in [0.5, 0.6) is 0 Å². The highest BCUT2D eigenvalue weighted by molar-refractivity contribution is 6.82. The lowest BCUT2D eigenvalue weighted by Gasteiger charge is -2.05. The van der Waals surface area contributed by atoms with Gasteiger partial charge in [0.05, 0.1) is 5.73 Å². The summed E-state index contributed by atoms with van der Waals surface area (Å²) < 4.78 is 5.87. The van der Waals surface area contributed by atoms with Gasteiger partial charge in [0.15, 0.2) is 0 Å². The molecular formula is C9H20OSi. The zero-order valence-electron chi connectivity index (χ0n) is 8.02. The first-order valence-electron chi connectivity index (χ1n) is 4.97. The number of hydrogen-bond donors (Lipinski definition) is 0. The molecule has 11 heavy (non-hydrogen) atoms. The lowest BCUT2D eigenvalue weighted by Crippen LogP contribution is -2.19. The standard InChI is InChI=1S/C9H20OSi/c1-4-7-11(8-5-2)9(6-3)10-11/h9H,4-8H2,1-3H3. The first-order chi connectivity index (χ1) is 5.29. The van der Waals surface area contributed by atoms with E-state index in [4.69, 9.17) is 4.43 Å². The molecule has 2 heteroatoms. The van der Waals surface area contributed by atoms with E-state index in [1.54, 1.807) is 0 Å². The van der Waals surface area contributed by atoms with Crippen molar-refractivity contribution >= 4 is 8.32 Å². The maximum atomic E-state index is 5.87. The largest absolute Gasteiger partial charge is 0.412 e. The van der Waals surface area contributed by atoms with Crippen molar-refractivity contribution in [3.8, 4) is 0 Å². The second-order valence-corrected chi connectivity index (χ2v) is 7.59. The van der Waals surface area contributed by atoms with Crippen molar-refractivity contribution in [2.24, 2.45) is 0 Å². The molecule has 0 aromatic rings. The van der Waals surface area contributed by atoms with E-state index in [0.29, 0.717) is 0 Å². The molecule has 0 aromatic carbocycles. The van der Waals surface area contributed by atoms with E-state index in [-0.39, 0.29) is 0 Å². The molecule has 1 atom stereocenters. The molecular weight excluding hydrogens is 152 g/mol. The zero-order valence-corrected chi connectivity index (χ0v) is 9.02. The Morgan fingerprint density at radius 3 is 1.91 bits per heavy atom. The SMILES string of the molecule is CCC[Si]1(CCC)OC1CC. The fourth-order valence-corrected chi connectivity index (χ4v) is 6.85. The van der Waals surface area contributed by atoms with E-state index in [0.717, 1.165) is 5.73 Å². The third kappa shape index (κ3) is 1.85. The molecule has 1 unspecified atom stereocenters. The minimum atomic E-state index is -1.08. The lowest BCUT2D eigenvalue weighted by molar-refractivity contribution is 0.438. The van der Waals surface area contributed by atoms with Crippen LogP contribution in [-0.2, 0) is 4.43 Å². The van der Waals surface area contributed by atoms with E-state index in [1.807, 2.05) is 0 Å². The van der Waals surface area contributed by atoms with Gasteiger partial charge in [0.1, 0.15) is 0 Å². The van der Waals surface area contributed by atoms with Gasteiger partial charge in [0, 0.05) is 0 Å². The van der Waals surface area contributed by atoms with Gasteiger partial charge in [-0.3, -0.25) is 0 Å². The van der Waals surface area contributed by atoms with E-state index in [9.17, 15) is 0 Å². The molecule has 0 aliphatic carbocycles. The molecule has 0 bridgehead atoms. The van der Waals surface area contributed by atoms with Crippen LogP contribution in [0.15, 0.2) is 0 Å². The van der Waals surface area contributed by atoms with Gasteiger partial charge < -0.3 is 4.43 Å². The van der Waals surface area contributed by atoms with Crippen LogP contribution in [0.25, 0.3) is 0 Å². The Hall–Kier alpha value is 0.177. The smallest absolute Gasteiger partial charge is 0.219 e. The molecule has 1 aliphatic rings. The molecule has 1 saturated heterocycles. The highest BCUT2D eigenvalue weighted by Gasteiger charge is 2.55. The van der Waals surface area contributed by atoms with Crippen LogP contribution in [0.4, 0.5) is 0 Å². The summed E-state index contributed by atoms with van der Waals surface area (Å²) in [7, 11) is -1.08. The fourth-order valence-electron chi connectivity index (χ4n) is 2.12. The molecule has 0 aromatic heterocycles. The van der Waals surface area contributed by atoms with Gasteiger partial charge in [-0.15, -0.1) is 0 Å². The maximum absolute atomic E-state index is 5.87. The van der Waals surface area contributed by atoms with Crippen molar-refractivity contribution in [3.63, 3.8) is 0 Å². The van der Waals surface area contributed by atoms with Crippen molar-refractivity contribution in [1.29, 1.82) is 0 Å². The van der Waals surface area contributed by atoms with Crippen LogP contribution >= 0.6 is 0 Å². The minimum Gasteiger partial charge on any atom is -0.412 e. The second-order valence-electron chi connectivity index (χ2n) is 3.58. The third-order valence-corrected chi connectivity index (χ3v) is 7.54. The Morgan fingerprint density at radius 2 is 1.64 bits per heavy atom. The maximum Gasteiger partial charge on any atom is 0.219 e. The normalized spacial score (nSPS) is 27.0. The Morgan fingerprint density at radius 1 is 1.09 bits per heavy atom. The van der Waals surface area contributed by atoms with Gasteiger partial charge in [0.2, 0.25) is 8.32 Å². The topological polar surface area (TPSA) is 12.5 Å². The summed E-state index contributed by atoms with van der Waals surface area (Å²) in [4.78, 5) is 0. The van der Waals surface area contributed by atoms with Crippen LogP contribution in [0, 0.1) is 0 Å². The van der Waals surface area contributed by atoms with E-state index < -0.39 is 8.32 Å². The van der Waals surface area contributed by atoms with Crippen molar-refractivity contribution in [1.82, 2.24) is 0 Å². The molecule has 1 fully saturated rings. The predicted octanol–water partition coefficient (Wildman–Crippen LogP) is 3.10. The first kappa shape index (κ1) is 9.27. The van der Waals surface area contributed by atoms with E-state index >= 15 is 0 Å². The van der Waals surface area contributed by atoms with E-state index in [2.05, 4.69) is 20.8 Å². The Labute approximate surface area is 71.3 Å². The van der Waals surface area contributed by atoms with Crippen LogP contribution in [0.3, 0.4) is 0 Å². The quantitative estimate of drug-likeness (QED) is 0.458. The molecule has 66 valence electrons. The summed E-state index contributed by atoms with van der Waals surface area (Å²) in [6.07, 6.45) is 3.90. The molecule has 0 saturated carbocycles. The molecule has 1 heterocycles. The molecule has 0 amide bonds. The van der Waals surface area contributed by atoms with Gasteiger partial charge in [-0.25, -0.2) is 0 Å². The molecule has 0 radical (unpaired) electrons. The molecule has 0 spiro atoms. The summed E-state index contributed by atoms with van der Waals surface area (Å²) in [5.74, 6) is 0. The summed E-state index contributed by atoms with van der Waals surface area (Å²) in [5, 5.41) is 0. The Balaban J connectivity index is 2.35. The van der Waals surface area contributed by atoms with Crippen LogP contribution < -0.4 is 0 Å². The Kier molecular flexibility index (Phi) is 3.13. The molecule has 1 aliphatic heterocycles. The molecule has 1 rings (SSSR count). The highest BCUT2D eigenvalue weighted by Crippen LogP contribution is 2.42. The van der Waals surface area contributed by atoms with E-state index in [1.165, 1.54) is 31.4 Å². The summed E-state index contributed by atoms with van der Waals surface area (Å²) >= 11 is 0. The predicted molar refractivity (Wildman–Crippen MR) is 51.1 cm³/mol. The monoisotopic (exact) mass is 172 g/mol. The van der Waals surface area contributed by atoms with Crippen LogP contribution in [-0.4, -0.2) is 14.0 Å². The van der Waals surface area contributed by atoms with Gasteiger partial charge in [0.25, 0.3) is 0 Å². The third-order valence-electron chi connectivity index (χ3n) is 2.62. The summed E-state index contributed by atoms with van der Waals surface area (Å²) in [6.45, 7) is 6.81. The minimum absolute atomic E-state index is 0.724. The number of hydrogen-bond acceptors (Lipinski definition) is 1. The summed E-state index contributed by atoms with van der Waals surface area (Å²) in [5.41, 5.74) is 0.724. The van der Waals surface area contributed by atoms with Gasteiger partial charge in [-0.1, -0.05) is 33.6 Å². The van der Waals surface area contributed by atoms with Crippen molar-refractivity contribution in [2.75, 3.05) is 0 Å². The van der Waals surface area contributed by atoms with Gasteiger partial charge in [-0.05, 0) is 18.5 Å². The van der Waals surface area contributed by atoms with Crippen LogP contribution in [0.2, 0.25) is 12.1 Å². The fraction of sp³-hybridized carbons (Fsp3) is 1.00. The van der Waals surface area contributed by atoms with Gasteiger partial charge in [-0.2, -0.15) is 0 Å². The van der Waals surface area contributed by atoms with Crippen molar-refractivity contribution in [2.45, 2.75) is 57.8 Å². The summed E-state index contributed by atoms with van der Waals surface area (Å²) in [6, 6.07) is 2.80. The van der Waals surface area contributed by atoms with Crippen molar-refractivity contribution in [3.05, 3.63) is 0 Å². The second kappa shape index (κ2) is 3.72. The Bertz CT molecular complexity index is 119. The highest BCUT2D eigenvalue weighted by atomic mass is 28.4. The average molecular weight is 172 g/mol. The zero-order chi connectivity index (χ0) is 8.32. The van der Waals surface area contributed by atoms with Crippen molar-refractivity contribution < 1.29 is 4.43 Å². The average Bonchev–Trinajstić information content (AvgIpc) is 2.65.